The van der Waals surface area contributed by atoms with Crippen LogP contribution in [0.2, 0.25) is 0 Å². The Balaban J connectivity index is 1.83. The minimum Gasteiger partial charge on any atom is -0.310 e. The van der Waals surface area contributed by atoms with Gasteiger partial charge in [-0.3, -0.25) is 0 Å². The first-order chi connectivity index (χ1) is 8.96. The minimum absolute atomic E-state index is 0.189. The van der Waals surface area contributed by atoms with Gasteiger partial charge in [0.2, 0.25) is 0 Å². The van der Waals surface area contributed by atoms with Crippen molar-refractivity contribution in [1.29, 1.82) is 0 Å². The normalized spacial score (nSPS) is 33.2. The third-order valence-electron chi connectivity index (χ3n) is 4.43. The topological polar surface area (TPSA) is 49.4 Å². The second-order valence-corrected chi connectivity index (χ2v) is 8.61. The van der Waals surface area contributed by atoms with Crippen molar-refractivity contribution in [3.8, 4) is 0 Å². The van der Waals surface area contributed by atoms with E-state index in [1.807, 2.05) is 0 Å². The molecule has 5 heteroatoms. The largest absolute Gasteiger partial charge is 0.310 e. The van der Waals surface area contributed by atoms with Gasteiger partial charge in [0.25, 0.3) is 0 Å². The van der Waals surface area contributed by atoms with E-state index in [1.54, 1.807) is 0 Å². The van der Waals surface area contributed by atoms with Crippen molar-refractivity contribution in [1.82, 2.24) is 10.2 Å². The molecule has 2 saturated heterocycles. The van der Waals surface area contributed by atoms with Crippen molar-refractivity contribution >= 4 is 9.84 Å². The molecule has 2 heterocycles. The maximum Gasteiger partial charge on any atom is 0.151 e. The molecule has 2 unspecified atom stereocenters. The Morgan fingerprint density at radius 2 is 1.79 bits per heavy atom. The molecule has 0 aromatic heterocycles. The molecule has 0 amide bonds. The first-order valence-corrected chi connectivity index (χ1v) is 9.49. The summed E-state index contributed by atoms with van der Waals surface area (Å²) in [7, 11) is -2.79. The van der Waals surface area contributed by atoms with E-state index in [-0.39, 0.29) is 6.04 Å². The molecule has 112 valence electrons. The van der Waals surface area contributed by atoms with Gasteiger partial charge in [-0.25, -0.2) is 8.42 Å². The molecule has 2 aliphatic rings. The maximum atomic E-state index is 11.7. The first kappa shape index (κ1) is 15.3. The van der Waals surface area contributed by atoms with Crippen LogP contribution in [0.15, 0.2) is 0 Å². The SMILES string of the molecule is CC(C)N1CCCC(NC2CCCS(=O)(=O)C2)CC1. The van der Waals surface area contributed by atoms with Gasteiger partial charge in [0.05, 0.1) is 11.5 Å². The average molecular weight is 288 g/mol. The smallest absolute Gasteiger partial charge is 0.151 e. The van der Waals surface area contributed by atoms with Gasteiger partial charge in [-0.05, 0) is 59.0 Å². The van der Waals surface area contributed by atoms with E-state index in [2.05, 4.69) is 24.1 Å². The van der Waals surface area contributed by atoms with Gasteiger partial charge in [-0.15, -0.1) is 0 Å². The monoisotopic (exact) mass is 288 g/mol. The first-order valence-electron chi connectivity index (χ1n) is 7.67. The van der Waals surface area contributed by atoms with Crippen molar-refractivity contribution in [2.45, 2.75) is 64.1 Å². The fraction of sp³-hybridized carbons (Fsp3) is 1.00. The number of nitrogens with zero attached hydrogens (tertiary/aromatic N) is 1. The fourth-order valence-corrected chi connectivity index (χ4v) is 4.94. The number of sulfone groups is 1. The highest BCUT2D eigenvalue weighted by atomic mass is 32.2. The van der Waals surface area contributed by atoms with Crippen molar-refractivity contribution in [2.75, 3.05) is 24.6 Å². The molecular formula is C14H28N2O2S. The van der Waals surface area contributed by atoms with Gasteiger partial charge < -0.3 is 10.2 Å². The van der Waals surface area contributed by atoms with Crippen LogP contribution in [-0.4, -0.2) is 56.0 Å². The number of hydrogen-bond acceptors (Lipinski definition) is 4. The molecular weight excluding hydrogens is 260 g/mol. The van der Waals surface area contributed by atoms with E-state index in [1.165, 1.54) is 19.4 Å². The Hall–Kier alpha value is -0.130. The highest BCUT2D eigenvalue weighted by molar-refractivity contribution is 7.91. The van der Waals surface area contributed by atoms with Crippen LogP contribution in [0, 0.1) is 0 Å². The van der Waals surface area contributed by atoms with Gasteiger partial charge >= 0.3 is 0 Å². The van der Waals surface area contributed by atoms with Gasteiger partial charge in [-0.2, -0.15) is 0 Å². The summed E-state index contributed by atoms with van der Waals surface area (Å²) in [6, 6.07) is 1.31. The van der Waals surface area contributed by atoms with Crippen molar-refractivity contribution < 1.29 is 8.42 Å². The number of hydrogen-bond donors (Lipinski definition) is 1. The standard InChI is InChI=1S/C14H28N2O2S/c1-12(2)16-8-3-5-13(7-9-16)15-14-6-4-10-19(17,18)11-14/h12-15H,3-11H2,1-2H3. The second-order valence-electron chi connectivity index (χ2n) is 6.38. The van der Waals surface area contributed by atoms with E-state index in [4.69, 9.17) is 0 Å². The summed E-state index contributed by atoms with van der Waals surface area (Å²) in [6.45, 7) is 6.82. The lowest BCUT2D eigenvalue weighted by atomic mass is 10.1. The zero-order valence-corrected chi connectivity index (χ0v) is 13.1. The van der Waals surface area contributed by atoms with E-state index < -0.39 is 9.84 Å². The molecule has 2 fully saturated rings. The molecule has 0 aliphatic carbocycles. The molecule has 19 heavy (non-hydrogen) atoms. The van der Waals surface area contributed by atoms with Crippen LogP contribution in [-0.2, 0) is 9.84 Å². The van der Waals surface area contributed by atoms with Crippen LogP contribution in [0.1, 0.15) is 46.0 Å². The Morgan fingerprint density at radius 3 is 2.47 bits per heavy atom. The highest BCUT2D eigenvalue weighted by Crippen LogP contribution is 2.17. The van der Waals surface area contributed by atoms with Crippen molar-refractivity contribution in [3.05, 3.63) is 0 Å². The van der Waals surface area contributed by atoms with Crippen LogP contribution < -0.4 is 5.32 Å². The maximum absolute atomic E-state index is 11.7. The summed E-state index contributed by atoms with van der Waals surface area (Å²) < 4.78 is 23.3. The van der Waals surface area contributed by atoms with Crippen LogP contribution in [0.25, 0.3) is 0 Å². The zero-order valence-electron chi connectivity index (χ0n) is 12.3. The van der Waals surface area contributed by atoms with Crippen LogP contribution in [0.3, 0.4) is 0 Å². The Morgan fingerprint density at radius 1 is 1.05 bits per heavy atom. The third kappa shape index (κ3) is 4.72. The second kappa shape index (κ2) is 6.55. The summed E-state index contributed by atoms with van der Waals surface area (Å²) in [5, 5.41) is 3.61. The zero-order chi connectivity index (χ0) is 13.9. The van der Waals surface area contributed by atoms with Gasteiger partial charge in [0, 0.05) is 18.1 Å². The Kier molecular flexibility index (Phi) is 5.26. The molecule has 2 atom stereocenters. The van der Waals surface area contributed by atoms with Crippen LogP contribution >= 0.6 is 0 Å². The van der Waals surface area contributed by atoms with Gasteiger partial charge in [0.1, 0.15) is 0 Å². The number of rotatable bonds is 3. The lowest BCUT2D eigenvalue weighted by Crippen LogP contribution is -2.45. The van der Waals surface area contributed by atoms with E-state index >= 15 is 0 Å². The van der Waals surface area contributed by atoms with Crippen molar-refractivity contribution in [3.63, 3.8) is 0 Å². The number of nitrogens with one attached hydrogen (secondary N) is 1. The Bertz CT molecular complexity index is 381. The van der Waals surface area contributed by atoms with Gasteiger partial charge in [-0.1, -0.05) is 0 Å². The van der Waals surface area contributed by atoms with Gasteiger partial charge in [0.15, 0.2) is 9.84 Å². The lowest BCUT2D eigenvalue weighted by molar-refractivity contribution is 0.228. The molecule has 0 bridgehead atoms. The quantitative estimate of drug-likeness (QED) is 0.853. The molecule has 0 saturated carbocycles. The third-order valence-corrected chi connectivity index (χ3v) is 6.25. The minimum atomic E-state index is -2.79. The molecule has 0 aromatic rings. The summed E-state index contributed by atoms with van der Waals surface area (Å²) in [4.78, 5) is 2.53. The van der Waals surface area contributed by atoms with Crippen LogP contribution in [0.5, 0.6) is 0 Å². The highest BCUT2D eigenvalue weighted by Gasteiger charge is 2.27. The average Bonchev–Trinajstić information content (AvgIpc) is 2.53. The molecule has 2 rings (SSSR count). The van der Waals surface area contributed by atoms with Crippen LogP contribution in [0.4, 0.5) is 0 Å². The summed E-state index contributed by atoms with van der Waals surface area (Å²) >= 11 is 0. The molecule has 2 aliphatic heterocycles. The van der Waals surface area contributed by atoms with E-state index in [9.17, 15) is 8.42 Å². The predicted octanol–water partition coefficient (Wildman–Crippen LogP) is 1.42. The van der Waals surface area contributed by atoms with E-state index in [0.29, 0.717) is 23.6 Å². The molecule has 0 spiro atoms. The molecule has 0 radical (unpaired) electrons. The number of likely N-dealkylation sites (tertiary alicyclic amines) is 1. The fourth-order valence-electron chi connectivity index (χ4n) is 3.29. The summed E-state index contributed by atoms with van der Waals surface area (Å²) in [5.74, 6) is 0.731. The predicted molar refractivity (Wildman–Crippen MR) is 79.2 cm³/mol. The van der Waals surface area contributed by atoms with Crippen molar-refractivity contribution in [2.24, 2.45) is 0 Å². The molecule has 1 N–H and O–H groups in total. The van der Waals surface area contributed by atoms with E-state index in [0.717, 1.165) is 25.8 Å². The molecule has 4 nitrogen and oxygen atoms in total. The summed E-state index contributed by atoms with van der Waals surface area (Å²) in [6.07, 6.45) is 5.39. The Labute approximate surface area is 117 Å². The lowest BCUT2D eigenvalue weighted by Gasteiger charge is -2.28. The molecule has 0 aromatic carbocycles. The summed E-state index contributed by atoms with van der Waals surface area (Å²) in [5.41, 5.74) is 0.